The van der Waals surface area contributed by atoms with E-state index < -0.39 is 11.7 Å². The second-order valence-corrected chi connectivity index (χ2v) is 5.42. The van der Waals surface area contributed by atoms with Crippen LogP contribution in [0.4, 0.5) is 13.2 Å². The molecule has 0 saturated carbocycles. The number of benzene rings is 1. The first kappa shape index (κ1) is 16.0. The van der Waals surface area contributed by atoms with Crippen LogP contribution in [0.2, 0.25) is 0 Å². The summed E-state index contributed by atoms with van der Waals surface area (Å²) in [7, 11) is 0. The molecule has 2 rings (SSSR count). The van der Waals surface area contributed by atoms with Gasteiger partial charge in [-0.15, -0.1) is 0 Å². The van der Waals surface area contributed by atoms with Crippen molar-refractivity contribution in [3.63, 3.8) is 0 Å². The van der Waals surface area contributed by atoms with Crippen LogP contribution in [-0.4, -0.2) is 5.75 Å². The fourth-order valence-electron chi connectivity index (χ4n) is 2.09. The molecule has 5 heteroatoms. The van der Waals surface area contributed by atoms with E-state index in [1.54, 1.807) is 0 Å². The van der Waals surface area contributed by atoms with Crippen molar-refractivity contribution in [3.8, 4) is 0 Å². The second kappa shape index (κ2) is 6.60. The van der Waals surface area contributed by atoms with E-state index in [4.69, 9.17) is 4.74 Å². The highest BCUT2D eigenvalue weighted by atomic mass is 32.1. The molecule has 1 aliphatic carbocycles. The van der Waals surface area contributed by atoms with Crippen molar-refractivity contribution in [2.75, 3.05) is 5.75 Å². The smallest absolute Gasteiger partial charge is 0.416 e. The summed E-state index contributed by atoms with van der Waals surface area (Å²) in [6.45, 7) is 2.39. The zero-order chi connectivity index (χ0) is 15.5. The second-order valence-electron chi connectivity index (χ2n) is 5.10. The van der Waals surface area contributed by atoms with E-state index in [1.807, 2.05) is 12.2 Å². The van der Waals surface area contributed by atoms with Crippen molar-refractivity contribution in [3.05, 3.63) is 58.9 Å². The highest BCUT2D eigenvalue weighted by Gasteiger charge is 2.29. The number of ether oxygens (including phenoxy) is 1. The Bertz CT molecular complexity index is 544. The van der Waals surface area contributed by atoms with Crippen LogP contribution in [0, 0.1) is 5.92 Å². The lowest BCUT2D eigenvalue weighted by atomic mass is 9.94. The van der Waals surface area contributed by atoms with Crippen LogP contribution in [0.15, 0.2) is 47.7 Å². The molecule has 21 heavy (non-hydrogen) atoms. The van der Waals surface area contributed by atoms with Gasteiger partial charge >= 0.3 is 6.18 Å². The Morgan fingerprint density at radius 1 is 1.24 bits per heavy atom. The third kappa shape index (κ3) is 4.30. The molecule has 0 N–H and O–H groups in total. The van der Waals surface area contributed by atoms with Gasteiger partial charge < -0.3 is 4.74 Å². The zero-order valence-corrected chi connectivity index (χ0v) is 12.5. The largest absolute Gasteiger partial charge is 0.489 e. The molecule has 0 bridgehead atoms. The first-order valence-electron chi connectivity index (χ1n) is 6.70. The molecule has 114 valence electrons. The molecule has 0 aliphatic heterocycles. The Balaban J connectivity index is 1.96. The van der Waals surface area contributed by atoms with Crippen LogP contribution in [0.25, 0.3) is 0 Å². The topological polar surface area (TPSA) is 9.23 Å². The lowest BCUT2D eigenvalue weighted by Crippen LogP contribution is -2.07. The Morgan fingerprint density at radius 3 is 2.48 bits per heavy atom. The number of alkyl halides is 3. The van der Waals surface area contributed by atoms with Crippen LogP contribution in [0.1, 0.15) is 24.5 Å². The minimum absolute atomic E-state index is 0.259. The van der Waals surface area contributed by atoms with Crippen molar-refractivity contribution >= 4 is 12.6 Å². The fourth-order valence-corrected chi connectivity index (χ4v) is 2.49. The molecule has 1 aromatic rings. The monoisotopic (exact) mass is 314 g/mol. The maximum absolute atomic E-state index is 12.5. The minimum atomic E-state index is -4.30. The molecule has 1 aliphatic rings. The molecule has 1 atom stereocenters. The normalized spacial score (nSPS) is 19.0. The SMILES string of the molecule is CC1CC=C(OCc2ccc(C(F)(F)F)cc2)C=C1CS. The van der Waals surface area contributed by atoms with Gasteiger partial charge in [-0.1, -0.05) is 24.6 Å². The summed E-state index contributed by atoms with van der Waals surface area (Å²) in [6, 6.07) is 5.03. The highest BCUT2D eigenvalue weighted by Crippen LogP contribution is 2.29. The first-order valence-corrected chi connectivity index (χ1v) is 7.34. The molecule has 1 aromatic carbocycles. The van der Waals surface area contributed by atoms with Gasteiger partial charge in [-0.05, 0) is 42.2 Å². The number of hydrogen-bond donors (Lipinski definition) is 1. The Kier molecular flexibility index (Phi) is 5.04. The van der Waals surface area contributed by atoms with Gasteiger partial charge in [0, 0.05) is 5.75 Å². The van der Waals surface area contributed by atoms with Crippen molar-refractivity contribution < 1.29 is 17.9 Å². The Labute approximate surface area is 127 Å². The van der Waals surface area contributed by atoms with Gasteiger partial charge in [0.05, 0.1) is 5.56 Å². The molecule has 0 saturated heterocycles. The van der Waals surface area contributed by atoms with Gasteiger partial charge in [0.15, 0.2) is 0 Å². The molecule has 0 radical (unpaired) electrons. The molecule has 0 heterocycles. The maximum Gasteiger partial charge on any atom is 0.416 e. The number of halogens is 3. The summed E-state index contributed by atoms with van der Waals surface area (Å²) in [5, 5.41) is 0. The predicted molar refractivity (Wildman–Crippen MR) is 80.0 cm³/mol. The summed E-state index contributed by atoms with van der Waals surface area (Å²) < 4.78 is 43.0. The molecule has 0 fully saturated rings. The van der Waals surface area contributed by atoms with E-state index in [0.29, 0.717) is 17.2 Å². The maximum atomic E-state index is 12.5. The van der Waals surface area contributed by atoms with Crippen LogP contribution in [-0.2, 0) is 17.5 Å². The number of hydrogen-bond acceptors (Lipinski definition) is 2. The lowest BCUT2D eigenvalue weighted by molar-refractivity contribution is -0.137. The highest BCUT2D eigenvalue weighted by molar-refractivity contribution is 7.80. The van der Waals surface area contributed by atoms with E-state index in [2.05, 4.69) is 19.6 Å². The predicted octanol–water partition coefficient (Wildman–Crippen LogP) is 5.00. The van der Waals surface area contributed by atoms with Crippen LogP contribution < -0.4 is 0 Å². The van der Waals surface area contributed by atoms with Gasteiger partial charge in [0.1, 0.15) is 12.4 Å². The Hall–Kier alpha value is -1.36. The lowest BCUT2D eigenvalue weighted by Gasteiger charge is -2.19. The van der Waals surface area contributed by atoms with E-state index in [-0.39, 0.29) is 6.61 Å². The number of thiol groups is 1. The average Bonchev–Trinajstić information content (AvgIpc) is 2.46. The summed E-state index contributed by atoms with van der Waals surface area (Å²) in [5.41, 5.74) is 1.28. The van der Waals surface area contributed by atoms with Crippen molar-refractivity contribution in [2.45, 2.75) is 26.1 Å². The molecule has 0 aromatic heterocycles. The minimum Gasteiger partial charge on any atom is -0.489 e. The van der Waals surface area contributed by atoms with Crippen molar-refractivity contribution in [2.24, 2.45) is 5.92 Å². The molecular formula is C16H17F3OS. The van der Waals surface area contributed by atoms with E-state index >= 15 is 0 Å². The molecule has 0 spiro atoms. The van der Waals surface area contributed by atoms with Gasteiger partial charge in [0.25, 0.3) is 0 Å². The van der Waals surface area contributed by atoms with E-state index in [9.17, 15) is 13.2 Å². The van der Waals surface area contributed by atoms with Crippen molar-refractivity contribution in [1.29, 1.82) is 0 Å². The third-order valence-electron chi connectivity index (χ3n) is 3.50. The van der Waals surface area contributed by atoms with E-state index in [1.165, 1.54) is 17.7 Å². The fraction of sp³-hybridized carbons (Fsp3) is 0.375. The number of allylic oxidation sites excluding steroid dienone is 2. The van der Waals surface area contributed by atoms with Crippen LogP contribution >= 0.6 is 12.6 Å². The third-order valence-corrected chi connectivity index (χ3v) is 3.87. The molecule has 1 nitrogen and oxygen atoms in total. The standard InChI is InChI=1S/C16H17F3OS/c1-11-2-7-15(8-13(11)10-21)20-9-12-3-5-14(6-4-12)16(17,18)19/h3-8,11,21H,2,9-10H2,1H3. The average molecular weight is 314 g/mol. The molecule has 0 amide bonds. The van der Waals surface area contributed by atoms with Crippen molar-refractivity contribution in [1.82, 2.24) is 0 Å². The van der Waals surface area contributed by atoms with Gasteiger partial charge in [0.2, 0.25) is 0 Å². The van der Waals surface area contributed by atoms with Crippen LogP contribution in [0.3, 0.4) is 0 Å². The summed E-state index contributed by atoms with van der Waals surface area (Å²) in [4.78, 5) is 0. The summed E-state index contributed by atoms with van der Waals surface area (Å²) in [5.74, 6) is 1.90. The van der Waals surface area contributed by atoms with Gasteiger partial charge in [-0.25, -0.2) is 0 Å². The quantitative estimate of drug-likeness (QED) is 0.769. The number of rotatable bonds is 4. The molecular weight excluding hydrogens is 297 g/mol. The summed E-state index contributed by atoms with van der Waals surface area (Å²) >= 11 is 4.28. The zero-order valence-electron chi connectivity index (χ0n) is 11.7. The van der Waals surface area contributed by atoms with Gasteiger partial charge in [-0.2, -0.15) is 25.8 Å². The Morgan fingerprint density at radius 2 is 1.90 bits per heavy atom. The molecule has 1 unspecified atom stereocenters. The van der Waals surface area contributed by atoms with Gasteiger partial charge in [-0.3, -0.25) is 0 Å². The first-order chi connectivity index (χ1) is 9.90. The van der Waals surface area contributed by atoms with E-state index in [0.717, 1.165) is 24.3 Å². The summed E-state index contributed by atoms with van der Waals surface area (Å²) in [6.07, 6.45) is 0.563. The van der Waals surface area contributed by atoms with Crippen LogP contribution in [0.5, 0.6) is 0 Å².